The molecule has 0 spiro atoms. The summed E-state index contributed by atoms with van der Waals surface area (Å²) >= 11 is 0. The van der Waals surface area contributed by atoms with E-state index in [2.05, 4.69) is 25.6 Å². The van der Waals surface area contributed by atoms with Crippen LogP contribution in [0.3, 0.4) is 0 Å². The van der Waals surface area contributed by atoms with Gasteiger partial charge in [-0.2, -0.15) is 18.3 Å². The summed E-state index contributed by atoms with van der Waals surface area (Å²) < 4.78 is 45.5. The Balaban J connectivity index is 0.00000392. The third-order valence-corrected chi connectivity index (χ3v) is 4.46. The largest absolute Gasteiger partial charge is 0.435 e. The van der Waals surface area contributed by atoms with Crippen molar-refractivity contribution in [1.82, 2.24) is 25.3 Å². The maximum Gasteiger partial charge on any atom is 0.435 e. The molecule has 1 aromatic rings. The Bertz CT molecular complexity index is 615. The smallest absolute Gasteiger partial charge is 0.383 e. The lowest BCUT2D eigenvalue weighted by molar-refractivity contribution is -0.142. The van der Waals surface area contributed by atoms with Gasteiger partial charge >= 0.3 is 6.18 Å². The molecule has 0 amide bonds. The lowest BCUT2D eigenvalue weighted by Crippen LogP contribution is -2.49. The lowest BCUT2D eigenvalue weighted by atomic mass is 10.1. The third kappa shape index (κ3) is 7.74. The van der Waals surface area contributed by atoms with Crippen LogP contribution >= 0.6 is 24.0 Å². The fourth-order valence-electron chi connectivity index (χ4n) is 3.09. The first kappa shape index (κ1) is 25.0. The lowest BCUT2D eigenvalue weighted by Gasteiger charge is -2.32. The minimum absolute atomic E-state index is 0. The van der Waals surface area contributed by atoms with E-state index in [1.165, 1.54) is 17.9 Å². The van der Waals surface area contributed by atoms with E-state index in [-0.39, 0.29) is 42.1 Å². The van der Waals surface area contributed by atoms with E-state index >= 15 is 0 Å². The molecule has 0 aliphatic carbocycles. The molecule has 0 unspecified atom stereocenters. The van der Waals surface area contributed by atoms with Crippen LogP contribution in [-0.4, -0.2) is 66.6 Å². The Hall–Kier alpha value is -1.08. The van der Waals surface area contributed by atoms with Gasteiger partial charge in [0.05, 0.1) is 13.2 Å². The zero-order valence-electron chi connectivity index (χ0n) is 16.6. The number of aliphatic imine (C=N–C) groups is 1. The molecular weight excluding hydrogens is 488 g/mol. The molecular formula is C17H30F3IN6O. The summed E-state index contributed by atoms with van der Waals surface area (Å²) in [5.74, 6) is 0.532. The Labute approximate surface area is 181 Å². The molecule has 1 aromatic heterocycles. The quantitative estimate of drug-likeness (QED) is 0.330. The van der Waals surface area contributed by atoms with Gasteiger partial charge in [0.15, 0.2) is 11.7 Å². The van der Waals surface area contributed by atoms with Crippen molar-refractivity contribution < 1.29 is 17.9 Å². The Kier molecular flexibility index (Phi) is 10.5. The van der Waals surface area contributed by atoms with Gasteiger partial charge in [0.2, 0.25) is 0 Å². The van der Waals surface area contributed by atoms with Crippen LogP contribution in [0.1, 0.15) is 31.0 Å². The second kappa shape index (κ2) is 11.8. The zero-order valence-corrected chi connectivity index (χ0v) is 18.9. The van der Waals surface area contributed by atoms with Crippen molar-refractivity contribution in [2.45, 2.75) is 38.5 Å². The predicted octanol–water partition coefficient (Wildman–Crippen LogP) is 2.22. The van der Waals surface area contributed by atoms with Gasteiger partial charge in [0, 0.05) is 58.1 Å². The first-order chi connectivity index (χ1) is 12.8. The molecule has 1 saturated heterocycles. The van der Waals surface area contributed by atoms with E-state index in [4.69, 9.17) is 4.74 Å². The van der Waals surface area contributed by atoms with Gasteiger partial charge < -0.3 is 20.3 Å². The van der Waals surface area contributed by atoms with Crippen LogP contribution < -0.4 is 10.6 Å². The van der Waals surface area contributed by atoms with Gasteiger partial charge in [-0.25, -0.2) is 4.99 Å². The van der Waals surface area contributed by atoms with Crippen LogP contribution in [0, 0.1) is 0 Å². The Morgan fingerprint density at radius 3 is 2.61 bits per heavy atom. The average molecular weight is 518 g/mol. The highest BCUT2D eigenvalue weighted by atomic mass is 127. The molecule has 162 valence electrons. The van der Waals surface area contributed by atoms with Crippen LogP contribution in [0.25, 0.3) is 0 Å². The van der Waals surface area contributed by atoms with Crippen LogP contribution in [0.2, 0.25) is 0 Å². The van der Waals surface area contributed by atoms with Crippen molar-refractivity contribution >= 4 is 29.9 Å². The number of ether oxygens (including phenoxy) is 1. The van der Waals surface area contributed by atoms with E-state index in [0.717, 1.165) is 39.1 Å². The van der Waals surface area contributed by atoms with Gasteiger partial charge in [-0.3, -0.25) is 4.68 Å². The number of methoxy groups -OCH3 is 1. The molecule has 2 N–H and O–H groups in total. The van der Waals surface area contributed by atoms with Gasteiger partial charge in [-0.1, -0.05) is 0 Å². The third-order valence-electron chi connectivity index (χ3n) is 4.46. The molecule has 0 atom stereocenters. The number of halogens is 4. The monoisotopic (exact) mass is 518 g/mol. The summed E-state index contributed by atoms with van der Waals surface area (Å²) in [6.45, 7) is 6.04. The highest BCUT2D eigenvalue weighted by Gasteiger charge is 2.36. The molecule has 0 bridgehead atoms. The molecule has 1 aliphatic heterocycles. The summed E-state index contributed by atoms with van der Waals surface area (Å²) in [4.78, 5) is 6.69. The molecule has 2 rings (SSSR count). The number of rotatable bonds is 7. The van der Waals surface area contributed by atoms with Crippen LogP contribution in [0.15, 0.2) is 11.2 Å². The van der Waals surface area contributed by atoms with Crippen LogP contribution in [0.5, 0.6) is 0 Å². The molecule has 1 fully saturated rings. The molecule has 0 radical (unpaired) electrons. The summed E-state index contributed by atoms with van der Waals surface area (Å²) in [6.07, 6.45) is -1.21. The maximum atomic E-state index is 13.1. The number of guanidine groups is 1. The number of piperidine rings is 1. The number of likely N-dealkylation sites (tertiary alicyclic amines) is 1. The van der Waals surface area contributed by atoms with Crippen molar-refractivity contribution in [1.29, 1.82) is 0 Å². The van der Waals surface area contributed by atoms with Gasteiger partial charge in [-0.15, -0.1) is 24.0 Å². The van der Waals surface area contributed by atoms with E-state index in [1.54, 1.807) is 7.11 Å². The molecule has 7 nitrogen and oxygen atoms in total. The number of nitrogens with one attached hydrogen (secondary N) is 2. The second-order valence-electron chi connectivity index (χ2n) is 6.62. The summed E-state index contributed by atoms with van der Waals surface area (Å²) in [6, 6.07) is 0.248. The normalized spacial score (nSPS) is 16.7. The molecule has 2 heterocycles. The van der Waals surface area contributed by atoms with E-state index in [1.807, 2.05) is 6.92 Å². The SMILES string of the molecule is CCNC(=NCc1cn(C)nc1C(F)(F)F)NC1CCN(CCOC)CC1.I. The standard InChI is InChI=1S/C17H29F3N6O.HI/c1-4-21-16(23-14-5-7-26(8-6-14)9-10-27-3)22-11-13-12-25(2)24-15(13)17(18,19)20;/h12,14H,4-11H2,1-3H3,(H2,21,22,23);1H. The van der Waals surface area contributed by atoms with Crippen LogP contribution in [0.4, 0.5) is 13.2 Å². The molecule has 1 aliphatic rings. The Morgan fingerprint density at radius 2 is 2.04 bits per heavy atom. The van der Waals surface area contributed by atoms with Crippen molar-refractivity contribution in [3.8, 4) is 0 Å². The van der Waals surface area contributed by atoms with Crippen molar-refractivity contribution in [2.24, 2.45) is 12.0 Å². The molecule has 0 saturated carbocycles. The second-order valence-corrected chi connectivity index (χ2v) is 6.62. The van der Waals surface area contributed by atoms with E-state index in [0.29, 0.717) is 12.5 Å². The number of aromatic nitrogens is 2. The molecule has 11 heteroatoms. The first-order valence-corrected chi connectivity index (χ1v) is 9.19. The molecule has 28 heavy (non-hydrogen) atoms. The summed E-state index contributed by atoms with van der Waals surface area (Å²) in [5, 5.41) is 9.97. The first-order valence-electron chi connectivity index (χ1n) is 9.19. The van der Waals surface area contributed by atoms with Crippen molar-refractivity contribution in [2.75, 3.05) is 39.9 Å². The summed E-state index contributed by atoms with van der Waals surface area (Å²) in [5.41, 5.74) is -0.812. The number of hydrogen-bond donors (Lipinski definition) is 2. The predicted molar refractivity (Wildman–Crippen MR) is 113 cm³/mol. The van der Waals surface area contributed by atoms with Gasteiger partial charge in [0.1, 0.15) is 0 Å². The minimum atomic E-state index is -4.48. The fourth-order valence-corrected chi connectivity index (χ4v) is 3.09. The molecule has 0 aromatic carbocycles. The van der Waals surface area contributed by atoms with Crippen LogP contribution in [-0.2, 0) is 24.5 Å². The van der Waals surface area contributed by atoms with E-state index in [9.17, 15) is 13.2 Å². The fraction of sp³-hybridized carbons (Fsp3) is 0.765. The summed E-state index contributed by atoms with van der Waals surface area (Å²) in [7, 11) is 3.17. The van der Waals surface area contributed by atoms with Crippen molar-refractivity contribution in [3.05, 3.63) is 17.5 Å². The Morgan fingerprint density at radius 1 is 1.36 bits per heavy atom. The van der Waals surface area contributed by atoms with Gasteiger partial charge in [-0.05, 0) is 19.8 Å². The highest BCUT2D eigenvalue weighted by Crippen LogP contribution is 2.30. The minimum Gasteiger partial charge on any atom is -0.383 e. The highest BCUT2D eigenvalue weighted by molar-refractivity contribution is 14.0. The number of alkyl halides is 3. The number of hydrogen-bond acceptors (Lipinski definition) is 4. The average Bonchev–Trinajstić information content (AvgIpc) is 3.00. The topological polar surface area (TPSA) is 66.7 Å². The maximum absolute atomic E-state index is 13.1. The number of aryl methyl sites for hydroxylation is 1. The van der Waals surface area contributed by atoms with Crippen molar-refractivity contribution in [3.63, 3.8) is 0 Å². The van der Waals surface area contributed by atoms with Gasteiger partial charge in [0.25, 0.3) is 0 Å². The zero-order chi connectivity index (χ0) is 19.9. The number of nitrogens with zero attached hydrogens (tertiary/aromatic N) is 4. The van der Waals surface area contributed by atoms with E-state index < -0.39 is 11.9 Å².